The summed E-state index contributed by atoms with van der Waals surface area (Å²) in [6.45, 7) is 2.10. The van der Waals surface area contributed by atoms with E-state index in [0.717, 1.165) is 22.1 Å². The number of aromatic nitrogens is 2. The largest absolute Gasteiger partial charge is 0.254 e. The van der Waals surface area contributed by atoms with Crippen LogP contribution in [0.15, 0.2) is 66.9 Å². The van der Waals surface area contributed by atoms with Crippen molar-refractivity contribution in [1.29, 1.82) is 0 Å². The van der Waals surface area contributed by atoms with Crippen molar-refractivity contribution in [2.45, 2.75) is 6.92 Å². The summed E-state index contributed by atoms with van der Waals surface area (Å²) in [6.07, 6.45) is 2.03. The zero-order valence-electron chi connectivity index (χ0n) is 14.2. The van der Waals surface area contributed by atoms with Gasteiger partial charge in [0.15, 0.2) is 0 Å². The van der Waals surface area contributed by atoms with Crippen LogP contribution in [0.3, 0.4) is 0 Å². The van der Waals surface area contributed by atoms with E-state index in [0.29, 0.717) is 0 Å². The van der Waals surface area contributed by atoms with Gasteiger partial charge < -0.3 is 0 Å². The Morgan fingerprint density at radius 2 is 1.54 bits per heavy atom. The highest BCUT2D eigenvalue weighted by atomic mass is 32.1. The summed E-state index contributed by atoms with van der Waals surface area (Å²) in [5.41, 5.74) is 3.10. The predicted octanol–water partition coefficient (Wildman–Crippen LogP) is 6.61. The van der Waals surface area contributed by atoms with Crippen LogP contribution >= 0.6 is 11.3 Å². The van der Waals surface area contributed by atoms with Gasteiger partial charge in [-0.3, -0.25) is 9.97 Å². The Morgan fingerprint density at radius 3 is 2.46 bits per heavy atom. The normalized spacial score (nSPS) is 12.0. The smallest absolute Gasteiger partial charge is 0.0821 e. The van der Waals surface area contributed by atoms with Gasteiger partial charge in [0.05, 0.1) is 15.7 Å². The fourth-order valence-corrected chi connectivity index (χ4v) is 5.20. The molecule has 0 radical (unpaired) electrons. The Kier molecular flexibility index (Phi) is 2.72. The summed E-state index contributed by atoms with van der Waals surface area (Å²) in [7, 11) is 0. The highest BCUT2D eigenvalue weighted by Crippen LogP contribution is 2.42. The van der Waals surface area contributed by atoms with Gasteiger partial charge in [0.2, 0.25) is 0 Å². The number of aryl methyl sites for hydroxylation is 1. The van der Waals surface area contributed by atoms with Crippen molar-refractivity contribution in [2.24, 2.45) is 0 Å². The summed E-state index contributed by atoms with van der Waals surface area (Å²) >= 11 is 1.82. The maximum Gasteiger partial charge on any atom is 0.0821 e. The molecule has 0 fully saturated rings. The Morgan fingerprint density at radius 1 is 0.731 bits per heavy atom. The van der Waals surface area contributed by atoms with Crippen LogP contribution in [0.5, 0.6) is 0 Å². The molecule has 6 aromatic rings. The second kappa shape index (κ2) is 4.99. The lowest BCUT2D eigenvalue weighted by Crippen LogP contribution is -1.90. The lowest BCUT2D eigenvalue weighted by atomic mass is 10.00. The Labute approximate surface area is 153 Å². The number of nitrogens with zero attached hydrogens (tertiary/aromatic N) is 2. The molecule has 0 aliphatic rings. The molecular weight excluding hydrogens is 336 g/mol. The molecule has 0 saturated carbocycles. The first-order valence-corrected chi connectivity index (χ1v) is 9.51. The number of fused-ring (bicyclic) bond motifs is 9. The molecule has 0 spiro atoms. The quantitative estimate of drug-likeness (QED) is 0.288. The van der Waals surface area contributed by atoms with Crippen LogP contribution in [0.4, 0.5) is 0 Å². The molecule has 3 heterocycles. The van der Waals surface area contributed by atoms with E-state index in [1.807, 2.05) is 23.6 Å². The number of hydrogen-bond donors (Lipinski definition) is 0. The van der Waals surface area contributed by atoms with Gasteiger partial charge in [-0.15, -0.1) is 11.3 Å². The van der Waals surface area contributed by atoms with E-state index >= 15 is 0 Å². The van der Waals surface area contributed by atoms with Crippen LogP contribution in [0.2, 0.25) is 0 Å². The number of para-hydroxylation sites is 1. The molecule has 0 atom stereocenters. The molecule has 0 aliphatic carbocycles. The van der Waals surface area contributed by atoms with E-state index in [-0.39, 0.29) is 0 Å². The first-order valence-electron chi connectivity index (χ1n) is 8.69. The third kappa shape index (κ3) is 1.76. The van der Waals surface area contributed by atoms with E-state index in [1.165, 1.54) is 36.3 Å². The van der Waals surface area contributed by atoms with E-state index in [1.54, 1.807) is 0 Å². The lowest BCUT2D eigenvalue weighted by Gasteiger charge is -2.08. The summed E-state index contributed by atoms with van der Waals surface area (Å²) in [4.78, 5) is 9.73. The van der Waals surface area contributed by atoms with Crippen molar-refractivity contribution >= 4 is 64.1 Å². The molecule has 0 aliphatic heterocycles. The Hall–Kier alpha value is -3.04. The minimum absolute atomic E-state index is 1.01. The zero-order chi connectivity index (χ0) is 17.3. The Bertz CT molecular complexity index is 1490. The van der Waals surface area contributed by atoms with Crippen molar-refractivity contribution in [1.82, 2.24) is 9.97 Å². The number of benzene rings is 3. The van der Waals surface area contributed by atoms with Gasteiger partial charge in [-0.2, -0.15) is 0 Å². The van der Waals surface area contributed by atoms with Crippen molar-refractivity contribution in [3.63, 3.8) is 0 Å². The van der Waals surface area contributed by atoms with Gasteiger partial charge in [0, 0.05) is 38.1 Å². The number of rotatable bonds is 0. The van der Waals surface area contributed by atoms with Gasteiger partial charge in [-0.1, -0.05) is 48.5 Å². The monoisotopic (exact) mass is 350 g/mol. The molecule has 0 unspecified atom stereocenters. The van der Waals surface area contributed by atoms with E-state index in [2.05, 4.69) is 61.5 Å². The summed E-state index contributed by atoms with van der Waals surface area (Å²) in [5, 5.41) is 7.50. The summed E-state index contributed by atoms with van der Waals surface area (Å²) in [6, 6.07) is 21.4. The van der Waals surface area contributed by atoms with E-state index in [9.17, 15) is 0 Å². The van der Waals surface area contributed by atoms with Crippen LogP contribution in [-0.2, 0) is 0 Å². The third-order valence-electron chi connectivity index (χ3n) is 5.21. The molecule has 0 saturated heterocycles. The van der Waals surface area contributed by atoms with E-state index < -0.39 is 0 Å². The van der Waals surface area contributed by atoms with Gasteiger partial charge in [-0.25, -0.2) is 0 Å². The highest BCUT2D eigenvalue weighted by Gasteiger charge is 2.16. The van der Waals surface area contributed by atoms with Crippen LogP contribution in [0.1, 0.15) is 5.69 Å². The number of pyridine rings is 2. The van der Waals surface area contributed by atoms with Gasteiger partial charge in [-0.05, 0) is 29.8 Å². The van der Waals surface area contributed by atoms with Crippen LogP contribution in [-0.4, -0.2) is 9.97 Å². The van der Waals surface area contributed by atoms with Gasteiger partial charge in [0.1, 0.15) is 0 Å². The molecule has 2 nitrogen and oxygen atoms in total. The minimum atomic E-state index is 1.01. The van der Waals surface area contributed by atoms with Crippen molar-refractivity contribution in [3.8, 4) is 0 Å². The average Bonchev–Trinajstić information content (AvgIpc) is 3.07. The standard InChI is InChI=1S/C23H14N2S/c1-13-20-22-19(12-24-23(20)16-8-4-5-9-17(16)25-13)26-18-11-10-14-6-2-3-7-15(14)21(18)22/h2-12H,1H3. The van der Waals surface area contributed by atoms with Crippen molar-refractivity contribution < 1.29 is 0 Å². The fourth-order valence-electron chi connectivity index (χ4n) is 4.10. The number of hydrogen-bond acceptors (Lipinski definition) is 3. The van der Waals surface area contributed by atoms with Crippen LogP contribution < -0.4 is 0 Å². The van der Waals surface area contributed by atoms with Crippen LogP contribution in [0.25, 0.3) is 52.8 Å². The molecule has 6 rings (SSSR count). The van der Waals surface area contributed by atoms with Gasteiger partial charge >= 0.3 is 0 Å². The summed E-state index contributed by atoms with van der Waals surface area (Å²) < 4.78 is 2.53. The predicted molar refractivity (Wildman–Crippen MR) is 112 cm³/mol. The molecule has 26 heavy (non-hydrogen) atoms. The SMILES string of the molecule is Cc1nc2ccccc2c2ncc3sc4ccc5ccccc5c4c3c12. The molecule has 0 N–H and O–H groups in total. The fraction of sp³-hybridized carbons (Fsp3) is 0.0435. The number of thiophene rings is 1. The van der Waals surface area contributed by atoms with Gasteiger partial charge in [0.25, 0.3) is 0 Å². The molecule has 0 bridgehead atoms. The van der Waals surface area contributed by atoms with E-state index in [4.69, 9.17) is 9.97 Å². The molecule has 3 aromatic carbocycles. The molecule has 3 aromatic heterocycles. The second-order valence-corrected chi connectivity index (χ2v) is 7.78. The van der Waals surface area contributed by atoms with Crippen LogP contribution in [0, 0.1) is 6.92 Å². The highest BCUT2D eigenvalue weighted by molar-refractivity contribution is 7.26. The first-order chi connectivity index (χ1) is 12.8. The van der Waals surface area contributed by atoms with Crippen molar-refractivity contribution in [3.05, 3.63) is 72.6 Å². The zero-order valence-corrected chi connectivity index (χ0v) is 15.0. The third-order valence-corrected chi connectivity index (χ3v) is 6.30. The second-order valence-electron chi connectivity index (χ2n) is 6.70. The molecule has 0 amide bonds. The summed E-state index contributed by atoms with van der Waals surface area (Å²) in [5.74, 6) is 0. The lowest BCUT2D eigenvalue weighted by molar-refractivity contribution is 1.28. The maximum atomic E-state index is 4.89. The van der Waals surface area contributed by atoms with Crippen molar-refractivity contribution in [2.75, 3.05) is 0 Å². The minimum Gasteiger partial charge on any atom is -0.254 e. The first kappa shape index (κ1) is 14.2. The molecule has 3 heteroatoms. The maximum absolute atomic E-state index is 4.89. The molecular formula is C23H14N2S. The Balaban J connectivity index is 1.98. The average molecular weight is 350 g/mol. The topological polar surface area (TPSA) is 25.8 Å². The molecule has 122 valence electrons.